The molecule has 1 aliphatic heterocycles. The predicted octanol–water partition coefficient (Wildman–Crippen LogP) is 3.06. The Labute approximate surface area is 71.4 Å². The molecule has 62 valence electrons. The Hall–Kier alpha value is -0.223. The van der Waals surface area contributed by atoms with Crippen LogP contribution in [0.1, 0.15) is 27.2 Å². The fourth-order valence-electron chi connectivity index (χ4n) is 1.17. The second kappa shape index (κ2) is 2.68. The van der Waals surface area contributed by atoms with Gasteiger partial charge in [-0.3, -0.25) is 0 Å². The Bertz CT molecular complexity index is 195. The molecule has 1 saturated heterocycles. The lowest BCUT2D eigenvalue weighted by molar-refractivity contribution is 0.571. The van der Waals surface area contributed by atoms with E-state index in [0.29, 0.717) is 0 Å². The quantitative estimate of drug-likeness (QED) is 0.383. The summed E-state index contributed by atoms with van der Waals surface area (Å²) in [4.78, 5) is 0. The second-order valence-corrected chi connectivity index (χ2v) is 9.29. The molecule has 0 aromatic heterocycles. The molecule has 1 rings (SSSR count). The lowest BCUT2D eigenvalue weighted by atomic mass is 9.99. The molecular weight excluding hydrogens is 148 g/mol. The topological polar surface area (TPSA) is 0 Å². The van der Waals surface area contributed by atoms with Crippen LogP contribution in [0.4, 0.5) is 0 Å². The first-order chi connectivity index (χ1) is 4.91. The van der Waals surface area contributed by atoms with Crippen LogP contribution in [-0.2, 0) is 0 Å². The standard InChI is InChI=1S/C10H18Si/c1-10(2,3)6-9-11(4)7-5-8-11/h5,7-8H2,1-4H3. The molecule has 1 aliphatic rings. The highest BCUT2D eigenvalue weighted by molar-refractivity contribution is 6.88. The van der Waals surface area contributed by atoms with Crippen molar-refractivity contribution in [1.82, 2.24) is 0 Å². The van der Waals surface area contributed by atoms with Gasteiger partial charge in [0.2, 0.25) is 0 Å². The van der Waals surface area contributed by atoms with Gasteiger partial charge in [0.25, 0.3) is 0 Å². The summed E-state index contributed by atoms with van der Waals surface area (Å²) >= 11 is 0. The minimum Gasteiger partial charge on any atom is -0.131 e. The van der Waals surface area contributed by atoms with Crippen LogP contribution in [-0.4, -0.2) is 8.07 Å². The molecule has 1 fully saturated rings. The molecular formula is C10H18Si. The zero-order valence-electron chi connectivity index (χ0n) is 8.12. The summed E-state index contributed by atoms with van der Waals surface area (Å²) in [7, 11) is -0.968. The van der Waals surface area contributed by atoms with Gasteiger partial charge in [-0.1, -0.05) is 13.0 Å². The molecule has 0 saturated carbocycles. The van der Waals surface area contributed by atoms with Crippen LogP contribution in [0.2, 0.25) is 18.6 Å². The van der Waals surface area contributed by atoms with Crippen molar-refractivity contribution in [3.05, 3.63) is 0 Å². The van der Waals surface area contributed by atoms with Crippen molar-refractivity contribution in [2.75, 3.05) is 0 Å². The van der Waals surface area contributed by atoms with Gasteiger partial charge in [-0.25, -0.2) is 0 Å². The Morgan fingerprint density at radius 2 is 1.73 bits per heavy atom. The van der Waals surface area contributed by atoms with E-state index in [2.05, 4.69) is 38.8 Å². The molecule has 0 aliphatic carbocycles. The van der Waals surface area contributed by atoms with Gasteiger partial charge in [-0.05, 0) is 32.9 Å². The van der Waals surface area contributed by atoms with E-state index in [4.69, 9.17) is 0 Å². The molecule has 0 radical (unpaired) electrons. The average molecular weight is 166 g/mol. The van der Waals surface area contributed by atoms with Gasteiger partial charge in [-0.2, -0.15) is 0 Å². The first-order valence-corrected chi connectivity index (χ1v) is 7.37. The highest BCUT2D eigenvalue weighted by Crippen LogP contribution is 2.31. The first-order valence-electron chi connectivity index (χ1n) is 4.46. The zero-order chi connectivity index (χ0) is 8.54. The number of rotatable bonds is 0. The third-order valence-corrected chi connectivity index (χ3v) is 5.84. The third-order valence-electron chi connectivity index (χ3n) is 2.20. The van der Waals surface area contributed by atoms with E-state index in [0.717, 1.165) is 0 Å². The van der Waals surface area contributed by atoms with Crippen molar-refractivity contribution in [1.29, 1.82) is 0 Å². The largest absolute Gasteiger partial charge is 0.135 e. The lowest BCUT2D eigenvalue weighted by Gasteiger charge is -2.30. The van der Waals surface area contributed by atoms with E-state index in [1.807, 2.05) is 0 Å². The maximum absolute atomic E-state index is 3.52. The zero-order valence-corrected chi connectivity index (χ0v) is 9.12. The van der Waals surface area contributed by atoms with Gasteiger partial charge in [0, 0.05) is 5.41 Å². The summed E-state index contributed by atoms with van der Waals surface area (Å²) in [5.41, 5.74) is 3.74. The Morgan fingerprint density at radius 1 is 1.18 bits per heavy atom. The molecule has 1 heterocycles. The fourth-order valence-corrected chi connectivity index (χ4v) is 3.51. The molecule has 11 heavy (non-hydrogen) atoms. The summed E-state index contributed by atoms with van der Waals surface area (Å²) in [6.45, 7) is 8.98. The lowest BCUT2D eigenvalue weighted by Crippen LogP contribution is -2.36. The Morgan fingerprint density at radius 3 is 2.00 bits per heavy atom. The normalized spacial score (nSPS) is 21.5. The SMILES string of the molecule is CC(C)(C)C#C[Si]1(C)CCC1. The number of hydrogen-bond donors (Lipinski definition) is 0. The second-order valence-electron chi connectivity index (χ2n) is 4.91. The molecule has 0 atom stereocenters. The maximum atomic E-state index is 3.52. The average Bonchev–Trinajstić information content (AvgIpc) is 1.77. The smallest absolute Gasteiger partial charge is 0.131 e. The molecule has 0 N–H and O–H groups in total. The Balaban J connectivity index is 2.56. The summed E-state index contributed by atoms with van der Waals surface area (Å²) in [5.74, 6) is 3.38. The minimum atomic E-state index is -0.968. The van der Waals surface area contributed by atoms with E-state index >= 15 is 0 Å². The summed E-state index contributed by atoms with van der Waals surface area (Å²) in [6, 6.07) is 2.88. The molecule has 0 aromatic rings. The summed E-state index contributed by atoms with van der Waals surface area (Å²) < 4.78 is 0. The van der Waals surface area contributed by atoms with E-state index in [1.165, 1.54) is 18.5 Å². The summed E-state index contributed by atoms with van der Waals surface area (Å²) in [5, 5.41) is 0. The van der Waals surface area contributed by atoms with Crippen LogP contribution in [0.3, 0.4) is 0 Å². The van der Waals surface area contributed by atoms with Crippen LogP contribution in [0.5, 0.6) is 0 Å². The van der Waals surface area contributed by atoms with Crippen molar-refractivity contribution >= 4 is 8.07 Å². The fraction of sp³-hybridized carbons (Fsp3) is 0.800. The van der Waals surface area contributed by atoms with Crippen LogP contribution in [0, 0.1) is 16.9 Å². The summed E-state index contributed by atoms with van der Waals surface area (Å²) in [6.07, 6.45) is 1.43. The minimum absolute atomic E-state index is 0.214. The molecule has 0 amide bonds. The maximum Gasteiger partial charge on any atom is 0.135 e. The molecule has 0 aromatic carbocycles. The van der Waals surface area contributed by atoms with Gasteiger partial charge in [0.05, 0.1) is 0 Å². The molecule has 1 heteroatoms. The molecule has 0 nitrogen and oxygen atoms in total. The van der Waals surface area contributed by atoms with Gasteiger partial charge in [0.1, 0.15) is 8.07 Å². The van der Waals surface area contributed by atoms with Gasteiger partial charge < -0.3 is 0 Å². The van der Waals surface area contributed by atoms with Crippen molar-refractivity contribution in [3.8, 4) is 11.5 Å². The molecule has 0 bridgehead atoms. The van der Waals surface area contributed by atoms with Gasteiger partial charge in [0.15, 0.2) is 0 Å². The van der Waals surface area contributed by atoms with Crippen LogP contribution in [0.25, 0.3) is 0 Å². The number of hydrogen-bond acceptors (Lipinski definition) is 0. The molecule has 0 spiro atoms. The van der Waals surface area contributed by atoms with Crippen LogP contribution < -0.4 is 0 Å². The van der Waals surface area contributed by atoms with E-state index in [-0.39, 0.29) is 5.41 Å². The Kier molecular flexibility index (Phi) is 2.16. The molecule has 0 unspecified atom stereocenters. The predicted molar refractivity (Wildman–Crippen MR) is 53.1 cm³/mol. The van der Waals surface area contributed by atoms with E-state index in [9.17, 15) is 0 Å². The van der Waals surface area contributed by atoms with Crippen molar-refractivity contribution in [3.63, 3.8) is 0 Å². The van der Waals surface area contributed by atoms with Gasteiger partial charge in [-0.15, -0.1) is 11.5 Å². The van der Waals surface area contributed by atoms with Gasteiger partial charge >= 0.3 is 0 Å². The first kappa shape index (κ1) is 8.87. The third kappa shape index (κ3) is 2.71. The van der Waals surface area contributed by atoms with Crippen LogP contribution in [0.15, 0.2) is 0 Å². The van der Waals surface area contributed by atoms with Crippen LogP contribution >= 0.6 is 0 Å². The van der Waals surface area contributed by atoms with E-state index in [1.54, 1.807) is 0 Å². The monoisotopic (exact) mass is 166 g/mol. The van der Waals surface area contributed by atoms with Crippen molar-refractivity contribution in [2.24, 2.45) is 5.41 Å². The van der Waals surface area contributed by atoms with Crippen molar-refractivity contribution in [2.45, 2.75) is 45.8 Å². The highest BCUT2D eigenvalue weighted by atomic mass is 28.3. The van der Waals surface area contributed by atoms with E-state index < -0.39 is 8.07 Å². The highest BCUT2D eigenvalue weighted by Gasteiger charge is 2.32. The van der Waals surface area contributed by atoms with Crippen molar-refractivity contribution < 1.29 is 0 Å².